The largest absolute Gasteiger partial charge is 0.386 e. The second-order valence-corrected chi connectivity index (χ2v) is 7.93. The molecule has 23 heavy (non-hydrogen) atoms. The van der Waals surface area contributed by atoms with E-state index in [0.29, 0.717) is 0 Å². The number of hydrogen-bond donors (Lipinski definition) is 1. The highest BCUT2D eigenvalue weighted by molar-refractivity contribution is 9.11. The third-order valence-electron chi connectivity index (χ3n) is 2.08. The van der Waals surface area contributed by atoms with E-state index >= 15 is 0 Å². The van der Waals surface area contributed by atoms with E-state index in [0.717, 1.165) is 19.0 Å². The number of Topliss-reactive ketones (excluding diaryl/α,β-unsaturated/α-hetero) is 1. The second kappa shape index (κ2) is 11.0. The summed E-state index contributed by atoms with van der Waals surface area (Å²) in [7, 11) is 0. The number of aromatic nitrogens is 2. The van der Waals surface area contributed by atoms with Gasteiger partial charge in [-0.3, -0.25) is 9.97 Å². The third-order valence-corrected chi connectivity index (χ3v) is 3.38. The molecule has 0 spiro atoms. The summed E-state index contributed by atoms with van der Waals surface area (Å²) in [5.41, 5.74) is 0.00317. The molecular weight excluding hydrogens is 492 g/mol. The van der Waals surface area contributed by atoms with Gasteiger partial charge in [-0.2, -0.15) is 0 Å². The van der Waals surface area contributed by atoms with Crippen molar-refractivity contribution in [3.8, 4) is 0 Å². The first-order chi connectivity index (χ1) is 10.5. The lowest BCUT2D eigenvalue weighted by Crippen LogP contribution is -2.15. The standard InChI is InChI=1S/C8H10BrNO.C5H3Br2N.C3H6O/c1-8(2,11)6-3-7(9)5-10-4-6;6-4-1-5(7)3-8-2-4;1-3(2)4/h3-5,11H,1-2H3;1-3H;1-2H3. The number of ketones is 1. The Bertz CT molecular complexity index is 607. The molecule has 0 saturated carbocycles. The first kappa shape index (κ1) is 22.4. The topological polar surface area (TPSA) is 63.1 Å². The van der Waals surface area contributed by atoms with Crippen molar-refractivity contribution in [2.75, 3.05) is 0 Å². The summed E-state index contributed by atoms with van der Waals surface area (Å²) < 4.78 is 2.87. The molecule has 0 atom stereocenters. The van der Waals surface area contributed by atoms with Crippen molar-refractivity contribution in [3.63, 3.8) is 0 Å². The molecule has 0 saturated heterocycles. The van der Waals surface area contributed by atoms with Gasteiger partial charge >= 0.3 is 0 Å². The molecule has 2 heterocycles. The lowest BCUT2D eigenvalue weighted by molar-refractivity contribution is -0.114. The molecule has 4 nitrogen and oxygen atoms in total. The van der Waals surface area contributed by atoms with Crippen molar-refractivity contribution in [3.05, 3.63) is 55.9 Å². The number of pyridine rings is 2. The van der Waals surface area contributed by atoms with Gasteiger partial charge in [0.2, 0.25) is 0 Å². The number of nitrogens with zero attached hydrogens (tertiary/aromatic N) is 2. The lowest BCUT2D eigenvalue weighted by Gasteiger charge is -2.16. The van der Waals surface area contributed by atoms with E-state index in [4.69, 9.17) is 0 Å². The van der Waals surface area contributed by atoms with Crippen LogP contribution in [0.15, 0.2) is 50.3 Å². The Morgan fingerprint density at radius 1 is 0.913 bits per heavy atom. The maximum Gasteiger partial charge on any atom is 0.126 e. The summed E-state index contributed by atoms with van der Waals surface area (Å²) in [5.74, 6) is 0.167. The van der Waals surface area contributed by atoms with Crippen LogP contribution in [0.2, 0.25) is 0 Å². The van der Waals surface area contributed by atoms with Crippen LogP contribution in [-0.4, -0.2) is 20.9 Å². The maximum absolute atomic E-state index is 9.55. The van der Waals surface area contributed by atoms with Gasteiger partial charge in [-0.05, 0) is 87.6 Å². The fourth-order valence-electron chi connectivity index (χ4n) is 1.13. The molecule has 0 unspecified atom stereocenters. The zero-order chi connectivity index (χ0) is 18.0. The Morgan fingerprint density at radius 2 is 1.26 bits per heavy atom. The van der Waals surface area contributed by atoms with E-state index in [2.05, 4.69) is 57.8 Å². The highest BCUT2D eigenvalue weighted by atomic mass is 79.9. The molecule has 0 fully saturated rings. The van der Waals surface area contributed by atoms with Gasteiger partial charge in [0.1, 0.15) is 5.78 Å². The number of carbonyl (C=O) groups excluding carboxylic acids is 1. The highest BCUT2D eigenvalue weighted by Crippen LogP contribution is 2.21. The van der Waals surface area contributed by atoms with E-state index < -0.39 is 5.60 Å². The van der Waals surface area contributed by atoms with Gasteiger partial charge in [-0.15, -0.1) is 0 Å². The van der Waals surface area contributed by atoms with Crippen molar-refractivity contribution in [2.24, 2.45) is 0 Å². The Kier molecular flexibility index (Phi) is 10.7. The molecule has 126 valence electrons. The number of aliphatic hydroxyl groups is 1. The van der Waals surface area contributed by atoms with E-state index in [1.54, 1.807) is 38.6 Å². The SMILES string of the molecule is Brc1cncc(Br)c1.CC(C)(O)c1cncc(Br)c1.CC(C)=O. The molecule has 0 bridgehead atoms. The molecule has 7 heteroatoms. The highest BCUT2D eigenvalue weighted by Gasteiger charge is 2.15. The quantitative estimate of drug-likeness (QED) is 0.567. The summed E-state index contributed by atoms with van der Waals surface area (Å²) in [6.45, 7) is 6.52. The van der Waals surface area contributed by atoms with Gasteiger partial charge in [0.25, 0.3) is 0 Å². The van der Waals surface area contributed by atoms with Gasteiger partial charge in [0.05, 0.1) is 5.60 Å². The Morgan fingerprint density at radius 3 is 1.48 bits per heavy atom. The predicted octanol–water partition coefficient (Wildman–Crippen LogP) is 5.27. The maximum atomic E-state index is 9.55. The molecule has 0 aliphatic rings. The second-order valence-electron chi connectivity index (χ2n) is 5.18. The fraction of sp³-hybridized carbons (Fsp3) is 0.312. The molecule has 1 N–H and O–H groups in total. The van der Waals surface area contributed by atoms with Gasteiger partial charge < -0.3 is 9.90 Å². The molecule has 0 aromatic carbocycles. The zero-order valence-electron chi connectivity index (χ0n) is 13.3. The number of carbonyl (C=O) groups is 1. The Labute approximate surface area is 162 Å². The number of rotatable bonds is 1. The lowest BCUT2D eigenvalue weighted by atomic mass is 10.0. The number of halogens is 3. The molecule has 0 aliphatic carbocycles. The van der Waals surface area contributed by atoms with Crippen molar-refractivity contribution in [1.82, 2.24) is 9.97 Å². The van der Waals surface area contributed by atoms with Crippen LogP contribution in [0, 0.1) is 0 Å². The summed E-state index contributed by atoms with van der Waals surface area (Å²) in [6, 6.07) is 3.79. The van der Waals surface area contributed by atoms with Crippen molar-refractivity contribution < 1.29 is 9.90 Å². The van der Waals surface area contributed by atoms with Crippen molar-refractivity contribution >= 4 is 53.6 Å². The summed E-state index contributed by atoms with van der Waals surface area (Å²) in [5, 5.41) is 9.55. The summed E-state index contributed by atoms with van der Waals surface area (Å²) in [4.78, 5) is 17.3. The van der Waals surface area contributed by atoms with Crippen LogP contribution in [-0.2, 0) is 10.4 Å². The summed E-state index contributed by atoms with van der Waals surface area (Å²) in [6.07, 6.45) is 6.83. The van der Waals surface area contributed by atoms with Crippen LogP contribution in [0.4, 0.5) is 0 Å². The van der Waals surface area contributed by atoms with Crippen molar-refractivity contribution in [1.29, 1.82) is 0 Å². The molecule has 2 aromatic rings. The molecule has 2 aromatic heterocycles. The molecule has 0 radical (unpaired) electrons. The van der Waals surface area contributed by atoms with Gasteiger partial charge in [-0.25, -0.2) is 0 Å². The zero-order valence-corrected chi connectivity index (χ0v) is 18.1. The fourth-order valence-corrected chi connectivity index (χ4v) is 2.53. The van der Waals surface area contributed by atoms with Crippen molar-refractivity contribution in [2.45, 2.75) is 33.3 Å². The van der Waals surface area contributed by atoms with Gasteiger partial charge in [0, 0.05) is 43.8 Å². The van der Waals surface area contributed by atoms with Crippen LogP contribution in [0.3, 0.4) is 0 Å². The third kappa shape index (κ3) is 12.5. The average Bonchev–Trinajstić information content (AvgIpc) is 2.37. The first-order valence-corrected chi connectivity index (χ1v) is 8.97. The first-order valence-electron chi connectivity index (χ1n) is 6.59. The van der Waals surface area contributed by atoms with Crippen LogP contribution in [0.25, 0.3) is 0 Å². The van der Waals surface area contributed by atoms with Crippen LogP contribution >= 0.6 is 47.8 Å². The molecule has 0 amide bonds. The molecular formula is C16H19Br3N2O2. The minimum atomic E-state index is -0.809. The van der Waals surface area contributed by atoms with Crippen LogP contribution in [0.1, 0.15) is 33.3 Å². The van der Waals surface area contributed by atoms with Gasteiger partial charge in [0.15, 0.2) is 0 Å². The average molecular weight is 511 g/mol. The minimum absolute atomic E-state index is 0.167. The van der Waals surface area contributed by atoms with E-state index in [1.807, 2.05) is 12.1 Å². The van der Waals surface area contributed by atoms with E-state index in [1.165, 1.54) is 13.8 Å². The predicted molar refractivity (Wildman–Crippen MR) is 103 cm³/mol. The Hall–Kier alpha value is -0.630. The minimum Gasteiger partial charge on any atom is -0.386 e. The van der Waals surface area contributed by atoms with Crippen LogP contribution < -0.4 is 0 Å². The van der Waals surface area contributed by atoms with E-state index in [-0.39, 0.29) is 5.78 Å². The Balaban J connectivity index is 0.000000354. The van der Waals surface area contributed by atoms with E-state index in [9.17, 15) is 9.90 Å². The monoisotopic (exact) mass is 508 g/mol. The smallest absolute Gasteiger partial charge is 0.126 e. The molecule has 2 rings (SSSR count). The number of hydrogen-bond acceptors (Lipinski definition) is 4. The van der Waals surface area contributed by atoms with Gasteiger partial charge in [-0.1, -0.05) is 0 Å². The molecule has 0 aliphatic heterocycles. The summed E-state index contributed by atoms with van der Waals surface area (Å²) >= 11 is 9.82. The normalized spacial score (nSPS) is 9.91. The van der Waals surface area contributed by atoms with Crippen LogP contribution in [0.5, 0.6) is 0 Å².